The molecule has 2 bridgehead atoms. The molecule has 4 rings (SSSR count). The summed E-state index contributed by atoms with van der Waals surface area (Å²) in [6.45, 7) is 2.00. The van der Waals surface area contributed by atoms with E-state index in [1.807, 2.05) is 12.1 Å². The van der Waals surface area contributed by atoms with Gasteiger partial charge in [-0.25, -0.2) is 0 Å². The van der Waals surface area contributed by atoms with Gasteiger partial charge in [0.15, 0.2) is 0 Å². The molecule has 1 aliphatic carbocycles. The highest BCUT2D eigenvalue weighted by atomic mass is 32.2. The van der Waals surface area contributed by atoms with Crippen LogP contribution in [0.1, 0.15) is 79.6 Å². The second-order valence-corrected chi connectivity index (χ2v) is 12.6. The van der Waals surface area contributed by atoms with E-state index < -0.39 is 10.2 Å². The molecule has 0 spiro atoms. The molecular formula is C25H40N4O3S. The molecule has 184 valence electrons. The highest BCUT2D eigenvalue weighted by Gasteiger charge is 2.41. The monoisotopic (exact) mass is 476 g/mol. The van der Waals surface area contributed by atoms with Crippen molar-refractivity contribution < 1.29 is 13.2 Å². The summed E-state index contributed by atoms with van der Waals surface area (Å²) >= 11 is 0. The number of piperidine rings is 1. The Balaban J connectivity index is 1.41. The van der Waals surface area contributed by atoms with Gasteiger partial charge in [0, 0.05) is 51.4 Å². The Bertz CT molecular complexity index is 915. The maximum absolute atomic E-state index is 13.1. The zero-order chi connectivity index (χ0) is 23.6. The lowest BCUT2D eigenvalue weighted by Crippen LogP contribution is -2.49. The summed E-state index contributed by atoms with van der Waals surface area (Å²) in [6, 6.07) is 8.73. The smallest absolute Gasteiger partial charge is 0.281 e. The number of rotatable bonds is 9. The van der Waals surface area contributed by atoms with E-state index in [-0.39, 0.29) is 5.91 Å². The van der Waals surface area contributed by atoms with Crippen LogP contribution in [0.5, 0.6) is 0 Å². The Morgan fingerprint density at radius 2 is 1.73 bits per heavy atom. The van der Waals surface area contributed by atoms with E-state index in [9.17, 15) is 13.2 Å². The third-order valence-corrected chi connectivity index (χ3v) is 10.0. The minimum absolute atomic E-state index is 0.377. The van der Waals surface area contributed by atoms with Crippen molar-refractivity contribution in [1.29, 1.82) is 0 Å². The van der Waals surface area contributed by atoms with Crippen LogP contribution >= 0.6 is 0 Å². The number of nitrogens with two attached hydrogens (primary N) is 1. The average Bonchev–Trinajstić information content (AvgIpc) is 3.03. The third-order valence-electron chi connectivity index (χ3n) is 8.11. The Morgan fingerprint density at radius 3 is 2.33 bits per heavy atom. The Labute approximate surface area is 199 Å². The van der Waals surface area contributed by atoms with E-state index in [2.05, 4.69) is 11.0 Å². The van der Waals surface area contributed by atoms with Gasteiger partial charge < -0.3 is 5.73 Å². The molecule has 3 atom stereocenters. The molecule has 7 nitrogen and oxygen atoms in total. The van der Waals surface area contributed by atoms with Gasteiger partial charge in [-0.3, -0.25) is 9.69 Å². The van der Waals surface area contributed by atoms with Crippen molar-refractivity contribution in [2.45, 2.75) is 75.8 Å². The van der Waals surface area contributed by atoms with Gasteiger partial charge in [-0.15, -0.1) is 0 Å². The predicted molar refractivity (Wildman–Crippen MR) is 131 cm³/mol. The van der Waals surface area contributed by atoms with Gasteiger partial charge in [0.1, 0.15) is 0 Å². The van der Waals surface area contributed by atoms with Gasteiger partial charge in [-0.1, -0.05) is 31.4 Å². The molecule has 33 heavy (non-hydrogen) atoms. The molecule has 2 aliphatic heterocycles. The lowest BCUT2D eigenvalue weighted by Gasteiger charge is -2.40. The van der Waals surface area contributed by atoms with Crippen molar-refractivity contribution in [1.82, 2.24) is 13.5 Å². The second kappa shape index (κ2) is 10.4. The minimum atomic E-state index is -3.42. The summed E-state index contributed by atoms with van der Waals surface area (Å²) in [4.78, 5) is 14.2. The Kier molecular flexibility index (Phi) is 7.78. The third kappa shape index (κ3) is 5.61. The summed E-state index contributed by atoms with van der Waals surface area (Å²) in [5.74, 6) is 0.535. The molecule has 2 N–H and O–H groups in total. The molecule has 1 amide bonds. The number of carbonyl (C=O) groups is 1. The number of hydrogen-bond acceptors (Lipinski definition) is 4. The van der Waals surface area contributed by atoms with Gasteiger partial charge in [-0.2, -0.15) is 17.0 Å². The topological polar surface area (TPSA) is 87.0 Å². The number of primary amides is 1. The van der Waals surface area contributed by atoms with Crippen molar-refractivity contribution in [3.63, 3.8) is 0 Å². The van der Waals surface area contributed by atoms with E-state index in [1.165, 1.54) is 42.0 Å². The standard InChI is InChI=1S/C25H40N4O3S/c1-27(2)33(31,32)28(18-19-7-4-3-5-8-19)13-14-29-23-11-12-24(29)17-22(16-23)20-9-6-10-21(15-20)25(26)30/h6,9-10,15,19,22-24H,3-5,7-8,11-14,16-18H2,1-2H3,(H2,26,30)/t22?,23-,24+. The Morgan fingerprint density at radius 1 is 1.06 bits per heavy atom. The number of nitrogens with zero attached hydrogens (tertiary/aromatic N) is 3. The zero-order valence-electron chi connectivity index (χ0n) is 20.2. The van der Waals surface area contributed by atoms with Crippen LogP contribution in [0, 0.1) is 5.92 Å². The van der Waals surface area contributed by atoms with Crippen molar-refractivity contribution in [2.24, 2.45) is 11.7 Å². The van der Waals surface area contributed by atoms with Gasteiger partial charge in [-0.05, 0) is 68.1 Å². The van der Waals surface area contributed by atoms with Crippen molar-refractivity contribution in [3.8, 4) is 0 Å². The highest BCUT2D eigenvalue weighted by molar-refractivity contribution is 7.86. The molecule has 1 aromatic rings. The number of amides is 1. The van der Waals surface area contributed by atoms with E-state index in [1.54, 1.807) is 24.5 Å². The van der Waals surface area contributed by atoms with Crippen LogP contribution in [0.2, 0.25) is 0 Å². The molecule has 3 aliphatic rings. The maximum atomic E-state index is 13.1. The molecule has 2 saturated heterocycles. The number of hydrogen-bond donors (Lipinski definition) is 1. The molecule has 3 fully saturated rings. The Hall–Kier alpha value is -1.48. The molecular weight excluding hydrogens is 436 g/mol. The fourth-order valence-corrected chi connectivity index (χ4v) is 7.45. The molecule has 1 unspecified atom stereocenters. The first-order valence-electron chi connectivity index (χ1n) is 12.6. The lowest BCUT2D eigenvalue weighted by molar-refractivity contribution is 0.0999. The normalized spacial score (nSPS) is 26.8. The van der Waals surface area contributed by atoms with E-state index in [4.69, 9.17) is 5.73 Å². The SMILES string of the molecule is CN(C)S(=O)(=O)N(CCN1[C@@H]2CC[C@H]1CC(c1cccc(C(N)=O)c1)C2)CC1CCCCC1. The first kappa shape index (κ1) is 24.6. The maximum Gasteiger partial charge on any atom is 0.281 e. The molecule has 2 heterocycles. The lowest BCUT2D eigenvalue weighted by atomic mass is 9.84. The minimum Gasteiger partial charge on any atom is -0.366 e. The van der Waals surface area contributed by atoms with Gasteiger partial charge in [0.2, 0.25) is 5.91 Å². The fourth-order valence-electron chi connectivity index (χ4n) is 6.27. The number of carbonyl (C=O) groups excluding carboxylic acids is 1. The van der Waals surface area contributed by atoms with Crippen LogP contribution in [0.3, 0.4) is 0 Å². The van der Waals surface area contributed by atoms with Crippen LogP contribution in [-0.2, 0) is 10.2 Å². The molecule has 0 radical (unpaired) electrons. The zero-order valence-corrected chi connectivity index (χ0v) is 21.0. The predicted octanol–water partition coefficient (Wildman–Crippen LogP) is 3.18. The molecule has 1 saturated carbocycles. The first-order valence-corrected chi connectivity index (χ1v) is 14.0. The summed E-state index contributed by atoms with van der Waals surface area (Å²) < 4.78 is 29.3. The van der Waals surface area contributed by atoms with Gasteiger partial charge in [0.25, 0.3) is 10.2 Å². The van der Waals surface area contributed by atoms with Crippen LogP contribution in [-0.4, -0.2) is 73.6 Å². The van der Waals surface area contributed by atoms with Crippen LogP contribution in [0.4, 0.5) is 0 Å². The van der Waals surface area contributed by atoms with Crippen LogP contribution in [0.15, 0.2) is 24.3 Å². The largest absolute Gasteiger partial charge is 0.366 e. The highest BCUT2D eigenvalue weighted by Crippen LogP contribution is 2.43. The van der Waals surface area contributed by atoms with E-state index in [0.29, 0.717) is 42.6 Å². The first-order chi connectivity index (χ1) is 15.8. The molecule has 0 aromatic heterocycles. The van der Waals surface area contributed by atoms with E-state index in [0.717, 1.165) is 32.2 Å². The summed E-state index contributed by atoms with van der Waals surface area (Å²) in [7, 11) is -0.149. The number of benzene rings is 1. The van der Waals surface area contributed by atoms with Crippen molar-refractivity contribution in [3.05, 3.63) is 35.4 Å². The van der Waals surface area contributed by atoms with Crippen molar-refractivity contribution >= 4 is 16.1 Å². The summed E-state index contributed by atoms with van der Waals surface area (Å²) in [5, 5.41) is 0. The van der Waals surface area contributed by atoms with Crippen LogP contribution in [0.25, 0.3) is 0 Å². The summed E-state index contributed by atoms with van der Waals surface area (Å²) in [6.07, 6.45) is 10.4. The quantitative estimate of drug-likeness (QED) is 0.593. The fraction of sp³-hybridized carbons (Fsp3) is 0.720. The summed E-state index contributed by atoms with van der Waals surface area (Å²) in [5.41, 5.74) is 7.27. The average molecular weight is 477 g/mol. The van der Waals surface area contributed by atoms with Crippen LogP contribution < -0.4 is 5.73 Å². The second-order valence-electron chi connectivity index (χ2n) is 10.4. The number of fused-ring (bicyclic) bond motifs is 2. The van der Waals surface area contributed by atoms with E-state index >= 15 is 0 Å². The van der Waals surface area contributed by atoms with Crippen molar-refractivity contribution in [2.75, 3.05) is 33.7 Å². The molecule has 8 heteroatoms. The molecule has 1 aromatic carbocycles. The van der Waals surface area contributed by atoms with Gasteiger partial charge >= 0.3 is 0 Å². The van der Waals surface area contributed by atoms with Gasteiger partial charge in [0.05, 0.1) is 0 Å².